The molecule has 42 heavy (non-hydrogen) atoms. The third-order valence-corrected chi connectivity index (χ3v) is 9.48. The van der Waals surface area contributed by atoms with E-state index in [9.17, 15) is 18.0 Å². The summed E-state index contributed by atoms with van der Waals surface area (Å²) in [5, 5.41) is 3.88. The van der Waals surface area contributed by atoms with Crippen molar-refractivity contribution >= 4 is 62.3 Å². The molecule has 0 spiro atoms. The van der Waals surface area contributed by atoms with Gasteiger partial charge in [0.25, 0.3) is 10.0 Å². The summed E-state index contributed by atoms with van der Waals surface area (Å²) in [6.45, 7) is 9.23. The van der Waals surface area contributed by atoms with Gasteiger partial charge in [-0.15, -0.1) is 0 Å². The van der Waals surface area contributed by atoms with Crippen molar-refractivity contribution in [3.63, 3.8) is 0 Å². The summed E-state index contributed by atoms with van der Waals surface area (Å²) in [6, 6.07) is 15.4. The maximum atomic E-state index is 14.2. The summed E-state index contributed by atoms with van der Waals surface area (Å²) < 4.78 is 29.2. The van der Waals surface area contributed by atoms with Gasteiger partial charge in [-0.25, -0.2) is 8.42 Å². The van der Waals surface area contributed by atoms with E-state index >= 15 is 0 Å². The summed E-state index contributed by atoms with van der Waals surface area (Å²) in [7, 11) is -4.21. The fourth-order valence-corrected chi connectivity index (χ4v) is 6.34. The van der Waals surface area contributed by atoms with E-state index in [0.29, 0.717) is 39.2 Å². The number of amides is 2. The number of rotatable bonds is 12. The van der Waals surface area contributed by atoms with Gasteiger partial charge in [0.1, 0.15) is 12.6 Å². The average Bonchev–Trinajstić information content (AvgIpc) is 2.93. The van der Waals surface area contributed by atoms with E-state index in [-0.39, 0.29) is 29.0 Å². The van der Waals surface area contributed by atoms with Crippen molar-refractivity contribution in [3.8, 4) is 0 Å². The molecule has 2 amide bonds. The number of sulfonamides is 1. The number of nitrogens with zero attached hydrogens (tertiary/aromatic N) is 2. The summed E-state index contributed by atoms with van der Waals surface area (Å²) >= 11 is 18.7. The first-order valence-electron chi connectivity index (χ1n) is 13.6. The molecule has 3 aromatic carbocycles. The van der Waals surface area contributed by atoms with Crippen molar-refractivity contribution in [2.75, 3.05) is 17.4 Å². The quantitative estimate of drug-likeness (QED) is 0.227. The molecule has 0 saturated heterocycles. The number of benzene rings is 3. The zero-order chi connectivity index (χ0) is 31.2. The Kier molecular flexibility index (Phi) is 11.7. The highest BCUT2D eigenvalue weighted by atomic mass is 35.5. The molecule has 226 valence electrons. The molecule has 0 saturated carbocycles. The monoisotopic (exact) mass is 651 g/mol. The zero-order valence-corrected chi connectivity index (χ0v) is 27.4. The topological polar surface area (TPSA) is 86.8 Å². The van der Waals surface area contributed by atoms with Crippen molar-refractivity contribution in [2.45, 2.75) is 58.5 Å². The molecule has 0 aromatic heterocycles. The number of hydrogen-bond donors (Lipinski definition) is 1. The van der Waals surface area contributed by atoms with Crippen LogP contribution in [0.5, 0.6) is 0 Å². The molecule has 7 nitrogen and oxygen atoms in total. The second kappa shape index (κ2) is 14.6. The molecule has 0 fully saturated rings. The van der Waals surface area contributed by atoms with Crippen LogP contribution in [0.2, 0.25) is 15.1 Å². The minimum absolute atomic E-state index is 0.0102. The van der Waals surface area contributed by atoms with Crippen LogP contribution < -0.4 is 9.62 Å². The van der Waals surface area contributed by atoms with E-state index in [4.69, 9.17) is 34.8 Å². The summed E-state index contributed by atoms with van der Waals surface area (Å²) in [6.07, 6.45) is 0.303. The number of hydrogen-bond acceptors (Lipinski definition) is 4. The van der Waals surface area contributed by atoms with Gasteiger partial charge in [0, 0.05) is 18.1 Å². The first-order valence-corrected chi connectivity index (χ1v) is 16.2. The minimum atomic E-state index is -4.21. The highest BCUT2D eigenvalue weighted by Gasteiger charge is 2.34. The lowest BCUT2D eigenvalue weighted by Gasteiger charge is -2.33. The average molecular weight is 653 g/mol. The van der Waals surface area contributed by atoms with Gasteiger partial charge in [-0.05, 0) is 73.7 Å². The standard InChI is InChI=1S/C31H36Cl3N3O4S/c1-6-28(31(39)35-17-20(2)3)36(18-23-10-14-26(33)27(34)15-23)30(38)19-37(29-16-24(32)11-9-22(29)5)42(40,41)25-12-7-21(4)8-13-25/h7-16,20,28H,6,17-19H2,1-5H3,(H,35,39). The number of anilines is 1. The van der Waals surface area contributed by atoms with Gasteiger partial charge < -0.3 is 10.2 Å². The molecule has 1 atom stereocenters. The predicted octanol–water partition coefficient (Wildman–Crippen LogP) is 7.04. The maximum absolute atomic E-state index is 14.2. The number of carbonyl (C=O) groups is 2. The number of nitrogens with one attached hydrogen (secondary N) is 1. The van der Waals surface area contributed by atoms with Crippen molar-refractivity contribution in [1.29, 1.82) is 0 Å². The highest BCUT2D eigenvalue weighted by Crippen LogP contribution is 2.30. The molecule has 3 rings (SSSR count). The Morgan fingerprint density at radius 3 is 2.17 bits per heavy atom. The van der Waals surface area contributed by atoms with Crippen molar-refractivity contribution in [2.24, 2.45) is 5.92 Å². The molecular weight excluding hydrogens is 617 g/mol. The van der Waals surface area contributed by atoms with Gasteiger partial charge in [-0.1, -0.05) is 85.4 Å². The third kappa shape index (κ3) is 8.40. The SMILES string of the molecule is CCC(C(=O)NCC(C)C)N(Cc1ccc(Cl)c(Cl)c1)C(=O)CN(c1cc(Cl)ccc1C)S(=O)(=O)c1ccc(C)cc1. The molecule has 1 N–H and O–H groups in total. The van der Waals surface area contributed by atoms with E-state index in [1.165, 1.54) is 23.1 Å². The Hall–Kier alpha value is -2.78. The molecule has 0 radical (unpaired) electrons. The number of aryl methyl sites for hydroxylation is 2. The van der Waals surface area contributed by atoms with Crippen LogP contribution in [0, 0.1) is 19.8 Å². The Morgan fingerprint density at radius 2 is 1.57 bits per heavy atom. The maximum Gasteiger partial charge on any atom is 0.264 e. The lowest BCUT2D eigenvalue weighted by atomic mass is 10.1. The largest absolute Gasteiger partial charge is 0.354 e. The summed E-state index contributed by atoms with van der Waals surface area (Å²) in [5.74, 6) is -0.694. The van der Waals surface area contributed by atoms with Gasteiger partial charge in [0.2, 0.25) is 11.8 Å². The number of carbonyl (C=O) groups excluding carboxylic acids is 2. The van der Waals surface area contributed by atoms with Crippen LogP contribution in [0.15, 0.2) is 65.6 Å². The Balaban J connectivity index is 2.10. The number of halogens is 3. The molecule has 3 aromatic rings. The predicted molar refractivity (Wildman–Crippen MR) is 171 cm³/mol. The molecule has 11 heteroatoms. The van der Waals surface area contributed by atoms with Gasteiger partial charge in [0.15, 0.2) is 0 Å². The summed E-state index contributed by atoms with van der Waals surface area (Å²) in [4.78, 5) is 29.0. The van der Waals surface area contributed by atoms with Gasteiger partial charge in [-0.2, -0.15) is 0 Å². The lowest BCUT2D eigenvalue weighted by Crippen LogP contribution is -2.52. The Morgan fingerprint density at radius 1 is 0.905 bits per heavy atom. The highest BCUT2D eigenvalue weighted by molar-refractivity contribution is 7.92. The van der Waals surface area contributed by atoms with Crippen molar-refractivity contribution in [3.05, 3.63) is 92.4 Å². The van der Waals surface area contributed by atoms with Crippen LogP contribution >= 0.6 is 34.8 Å². The molecule has 1 unspecified atom stereocenters. The van der Waals surface area contributed by atoms with E-state index in [0.717, 1.165) is 9.87 Å². The van der Waals surface area contributed by atoms with E-state index in [1.54, 1.807) is 56.3 Å². The normalized spacial score (nSPS) is 12.2. The fraction of sp³-hybridized carbons (Fsp3) is 0.355. The van der Waals surface area contributed by atoms with E-state index < -0.39 is 28.5 Å². The van der Waals surface area contributed by atoms with Crippen LogP contribution in [0.3, 0.4) is 0 Å². The first kappa shape index (κ1) is 33.7. The zero-order valence-electron chi connectivity index (χ0n) is 24.3. The van der Waals surface area contributed by atoms with E-state index in [1.807, 2.05) is 20.8 Å². The van der Waals surface area contributed by atoms with Gasteiger partial charge in [-0.3, -0.25) is 13.9 Å². The Labute approximate surface area is 263 Å². The molecule has 0 aliphatic carbocycles. The fourth-order valence-electron chi connectivity index (χ4n) is 4.38. The van der Waals surface area contributed by atoms with Gasteiger partial charge in [0.05, 0.1) is 20.6 Å². The first-order chi connectivity index (χ1) is 19.7. The smallest absolute Gasteiger partial charge is 0.264 e. The molecular formula is C31H36Cl3N3O4S. The molecule has 0 bridgehead atoms. The second-order valence-electron chi connectivity index (χ2n) is 10.6. The molecule has 0 heterocycles. The summed E-state index contributed by atoms with van der Waals surface area (Å²) in [5.41, 5.74) is 2.41. The van der Waals surface area contributed by atoms with Crippen molar-refractivity contribution < 1.29 is 18.0 Å². The van der Waals surface area contributed by atoms with Crippen LogP contribution in [-0.4, -0.2) is 44.3 Å². The Bertz CT molecular complexity index is 1530. The van der Waals surface area contributed by atoms with Crippen LogP contribution in [-0.2, 0) is 26.2 Å². The van der Waals surface area contributed by atoms with Crippen LogP contribution in [0.25, 0.3) is 0 Å². The second-order valence-corrected chi connectivity index (χ2v) is 13.7. The van der Waals surface area contributed by atoms with Gasteiger partial charge >= 0.3 is 0 Å². The van der Waals surface area contributed by atoms with Crippen molar-refractivity contribution in [1.82, 2.24) is 10.2 Å². The van der Waals surface area contributed by atoms with Crippen LogP contribution in [0.4, 0.5) is 5.69 Å². The third-order valence-electron chi connectivity index (χ3n) is 6.74. The molecule has 0 aliphatic heterocycles. The van der Waals surface area contributed by atoms with Crippen LogP contribution in [0.1, 0.15) is 43.9 Å². The van der Waals surface area contributed by atoms with E-state index in [2.05, 4.69) is 5.32 Å². The molecule has 0 aliphatic rings. The lowest BCUT2D eigenvalue weighted by molar-refractivity contribution is -0.140. The minimum Gasteiger partial charge on any atom is -0.354 e.